The number of carbonyl (C=O) groups is 2. The number of nitrogens with one attached hydrogen (secondary N) is 1. The first-order valence-electron chi connectivity index (χ1n) is 5.40. The highest BCUT2D eigenvalue weighted by Gasteiger charge is 2.32. The molecular formula is C11H12N2O5S. The number of sulfonamides is 1. The molecule has 0 saturated carbocycles. The number of fused-ring (bicyclic) bond motifs is 1. The highest BCUT2D eigenvalue weighted by Crippen LogP contribution is 2.30. The molecule has 7 nitrogen and oxygen atoms in total. The predicted molar refractivity (Wildman–Crippen MR) is 68.2 cm³/mol. The summed E-state index contributed by atoms with van der Waals surface area (Å²) in [6.45, 7) is -0.351. The van der Waals surface area contributed by atoms with Crippen molar-refractivity contribution in [2.75, 3.05) is 29.0 Å². The van der Waals surface area contributed by atoms with E-state index in [9.17, 15) is 18.0 Å². The molecule has 0 bridgehead atoms. The fourth-order valence-corrected chi connectivity index (χ4v) is 3.08. The van der Waals surface area contributed by atoms with Gasteiger partial charge in [-0.2, -0.15) is 0 Å². The van der Waals surface area contributed by atoms with E-state index in [1.807, 2.05) is 0 Å². The average molecular weight is 284 g/mol. The van der Waals surface area contributed by atoms with Crippen molar-refractivity contribution in [1.82, 2.24) is 0 Å². The van der Waals surface area contributed by atoms with E-state index in [2.05, 4.69) is 10.1 Å². The first kappa shape index (κ1) is 13.3. The fourth-order valence-electron chi connectivity index (χ4n) is 1.74. The van der Waals surface area contributed by atoms with Crippen molar-refractivity contribution in [3.05, 3.63) is 24.3 Å². The Morgan fingerprint density at radius 3 is 2.79 bits per heavy atom. The molecule has 0 saturated heterocycles. The minimum Gasteiger partial charge on any atom is -0.468 e. The van der Waals surface area contributed by atoms with Gasteiger partial charge < -0.3 is 10.1 Å². The van der Waals surface area contributed by atoms with Crippen LogP contribution in [0.25, 0.3) is 0 Å². The number of hydrogen-bond acceptors (Lipinski definition) is 5. The van der Waals surface area contributed by atoms with Gasteiger partial charge in [0.1, 0.15) is 6.54 Å². The van der Waals surface area contributed by atoms with Gasteiger partial charge in [0.15, 0.2) is 5.75 Å². The Hall–Kier alpha value is -2.09. The van der Waals surface area contributed by atoms with Gasteiger partial charge in [-0.15, -0.1) is 0 Å². The normalized spacial score (nSPS) is 14.6. The zero-order valence-corrected chi connectivity index (χ0v) is 10.9. The van der Waals surface area contributed by atoms with E-state index in [1.54, 1.807) is 24.3 Å². The molecule has 1 amide bonds. The lowest BCUT2D eigenvalue weighted by molar-refractivity contribution is -0.137. The number of ether oxygens (including phenoxy) is 1. The number of para-hydroxylation sites is 2. The van der Waals surface area contributed by atoms with Gasteiger partial charge in [-0.05, 0) is 12.1 Å². The molecule has 1 aromatic rings. The van der Waals surface area contributed by atoms with E-state index in [1.165, 1.54) is 0 Å². The summed E-state index contributed by atoms with van der Waals surface area (Å²) < 4.78 is 29.5. The van der Waals surface area contributed by atoms with Crippen molar-refractivity contribution in [2.24, 2.45) is 0 Å². The molecule has 0 radical (unpaired) electrons. The van der Waals surface area contributed by atoms with Crippen molar-refractivity contribution in [3.63, 3.8) is 0 Å². The third-order valence-corrected chi connectivity index (χ3v) is 4.20. The molecule has 8 heteroatoms. The largest absolute Gasteiger partial charge is 0.468 e. The van der Waals surface area contributed by atoms with Crippen LogP contribution < -0.4 is 9.62 Å². The van der Waals surface area contributed by atoms with Crippen LogP contribution in [-0.4, -0.2) is 39.7 Å². The number of amides is 1. The first-order valence-corrected chi connectivity index (χ1v) is 7.01. The molecule has 0 unspecified atom stereocenters. The molecule has 0 aliphatic carbocycles. The Kier molecular flexibility index (Phi) is 3.43. The van der Waals surface area contributed by atoms with E-state index in [-0.39, 0.29) is 6.54 Å². The minimum absolute atomic E-state index is 0.339. The number of nitrogens with zero attached hydrogens (tertiary/aromatic N) is 1. The fraction of sp³-hybridized carbons (Fsp3) is 0.273. The van der Waals surface area contributed by atoms with Crippen molar-refractivity contribution in [2.45, 2.75) is 0 Å². The molecule has 1 N–H and O–H groups in total. The number of esters is 1. The van der Waals surface area contributed by atoms with Gasteiger partial charge in [0.2, 0.25) is 15.9 Å². The lowest BCUT2D eigenvalue weighted by Crippen LogP contribution is -2.44. The Morgan fingerprint density at radius 1 is 1.42 bits per heavy atom. The van der Waals surface area contributed by atoms with Gasteiger partial charge in [0, 0.05) is 0 Å². The SMILES string of the molecule is COC(=O)CS(=O)(=O)N1CC(=O)Nc2ccccc21. The summed E-state index contributed by atoms with van der Waals surface area (Å²) in [7, 11) is -2.84. The van der Waals surface area contributed by atoms with Crippen LogP contribution in [0.1, 0.15) is 0 Å². The maximum Gasteiger partial charge on any atom is 0.322 e. The summed E-state index contributed by atoms with van der Waals surface area (Å²) in [6.07, 6.45) is 0. The quantitative estimate of drug-likeness (QED) is 0.785. The number of rotatable bonds is 3. The molecule has 0 fully saturated rings. The van der Waals surface area contributed by atoms with Gasteiger partial charge in [0.05, 0.1) is 18.5 Å². The monoisotopic (exact) mass is 284 g/mol. The summed E-state index contributed by atoms with van der Waals surface area (Å²) in [4.78, 5) is 22.6. The molecule has 0 atom stereocenters. The first-order chi connectivity index (χ1) is 8.94. The van der Waals surface area contributed by atoms with E-state index in [4.69, 9.17) is 0 Å². The number of benzene rings is 1. The lowest BCUT2D eigenvalue weighted by atomic mass is 10.2. The van der Waals surface area contributed by atoms with Gasteiger partial charge in [-0.25, -0.2) is 8.42 Å². The molecule has 1 heterocycles. The van der Waals surface area contributed by atoms with Crippen LogP contribution in [-0.2, 0) is 24.3 Å². The molecule has 1 aliphatic heterocycles. The lowest BCUT2D eigenvalue weighted by Gasteiger charge is -2.29. The number of methoxy groups -OCH3 is 1. The van der Waals surface area contributed by atoms with E-state index >= 15 is 0 Å². The van der Waals surface area contributed by atoms with Crippen LogP contribution in [0.15, 0.2) is 24.3 Å². The Morgan fingerprint density at radius 2 is 2.11 bits per heavy atom. The van der Waals surface area contributed by atoms with Crippen LogP contribution in [0.3, 0.4) is 0 Å². The highest BCUT2D eigenvalue weighted by atomic mass is 32.2. The standard InChI is InChI=1S/C11H12N2O5S/c1-18-11(15)7-19(16,17)13-6-10(14)12-8-4-2-3-5-9(8)13/h2-5H,6-7H2,1H3,(H,12,14). The number of carbonyl (C=O) groups excluding carboxylic acids is 2. The van der Waals surface area contributed by atoms with E-state index in [0.29, 0.717) is 11.4 Å². The minimum atomic E-state index is -3.94. The second-order valence-electron chi connectivity index (χ2n) is 3.90. The summed E-state index contributed by atoms with van der Waals surface area (Å²) in [6, 6.07) is 6.48. The molecule has 102 valence electrons. The zero-order chi connectivity index (χ0) is 14.0. The molecule has 19 heavy (non-hydrogen) atoms. The number of hydrogen-bond donors (Lipinski definition) is 1. The van der Waals surface area contributed by atoms with E-state index < -0.39 is 27.7 Å². The van der Waals surface area contributed by atoms with Crippen molar-refractivity contribution >= 4 is 33.3 Å². The molecule has 1 aromatic carbocycles. The van der Waals surface area contributed by atoms with Gasteiger partial charge in [-0.1, -0.05) is 12.1 Å². The van der Waals surface area contributed by atoms with Crippen molar-refractivity contribution in [1.29, 1.82) is 0 Å². The topological polar surface area (TPSA) is 92.8 Å². The Balaban J connectivity index is 2.40. The predicted octanol–water partition coefficient (Wildman–Crippen LogP) is -0.0521. The van der Waals surface area contributed by atoms with Crippen LogP contribution >= 0.6 is 0 Å². The number of anilines is 2. The Labute approximate surface area is 110 Å². The van der Waals surface area contributed by atoms with Gasteiger partial charge in [-0.3, -0.25) is 13.9 Å². The summed E-state index contributed by atoms with van der Waals surface area (Å²) in [5.41, 5.74) is 0.734. The third kappa shape index (κ3) is 2.68. The summed E-state index contributed by atoms with van der Waals surface area (Å²) >= 11 is 0. The third-order valence-electron chi connectivity index (χ3n) is 2.60. The van der Waals surface area contributed by atoms with Gasteiger partial charge in [0.25, 0.3) is 0 Å². The van der Waals surface area contributed by atoms with Crippen LogP contribution in [0.4, 0.5) is 11.4 Å². The van der Waals surface area contributed by atoms with E-state index in [0.717, 1.165) is 11.4 Å². The molecule has 2 rings (SSSR count). The second kappa shape index (κ2) is 4.88. The molecule has 1 aliphatic rings. The zero-order valence-electron chi connectivity index (χ0n) is 10.1. The van der Waals surface area contributed by atoms with Crippen molar-refractivity contribution < 1.29 is 22.7 Å². The van der Waals surface area contributed by atoms with Crippen LogP contribution in [0, 0.1) is 0 Å². The van der Waals surface area contributed by atoms with Gasteiger partial charge >= 0.3 is 5.97 Å². The summed E-state index contributed by atoms with van der Waals surface area (Å²) in [5.74, 6) is -2.12. The molecule has 0 spiro atoms. The Bertz CT molecular complexity index is 626. The van der Waals surface area contributed by atoms with Crippen LogP contribution in [0.5, 0.6) is 0 Å². The maximum absolute atomic E-state index is 12.1. The second-order valence-corrected chi connectivity index (χ2v) is 5.80. The molecular weight excluding hydrogens is 272 g/mol. The molecule has 0 aromatic heterocycles. The smallest absolute Gasteiger partial charge is 0.322 e. The highest BCUT2D eigenvalue weighted by molar-refractivity contribution is 7.93. The summed E-state index contributed by atoms with van der Waals surface area (Å²) in [5, 5.41) is 2.57. The maximum atomic E-state index is 12.1. The van der Waals surface area contributed by atoms with Crippen molar-refractivity contribution in [3.8, 4) is 0 Å². The average Bonchev–Trinajstić information content (AvgIpc) is 2.37. The van der Waals surface area contributed by atoms with Crippen LogP contribution in [0.2, 0.25) is 0 Å².